The van der Waals surface area contributed by atoms with E-state index in [9.17, 15) is 24.5 Å². The van der Waals surface area contributed by atoms with E-state index in [4.69, 9.17) is 5.11 Å². The number of aromatic nitrogens is 2. The van der Waals surface area contributed by atoms with Crippen molar-refractivity contribution in [3.05, 3.63) is 62.1 Å². The van der Waals surface area contributed by atoms with Gasteiger partial charge in [-0.05, 0) is 13.0 Å². The minimum atomic E-state index is -0.959. The molecule has 0 aliphatic carbocycles. The average Bonchev–Trinajstić information content (AvgIpc) is 2.61. The molecule has 0 aliphatic rings. The van der Waals surface area contributed by atoms with E-state index in [0.29, 0.717) is 11.4 Å². The monoisotopic (exact) mass is 392 g/mol. The lowest BCUT2D eigenvalue weighted by molar-refractivity contribution is -0.384. The highest BCUT2D eigenvalue weighted by molar-refractivity contribution is 7.99. The van der Waals surface area contributed by atoms with E-state index in [1.165, 1.54) is 28.9 Å². The Morgan fingerprint density at radius 3 is 2.74 bits per heavy atom. The van der Waals surface area contributed by atoms with Gasteiger partial charge in [-0.1, -0.05) is 12.1 Å². The molecule has 0 unspecified atom stereocenters. The van der Waals surface area contributed by atoms with Crippen molar-refractivity contribution in [2.75, 3.05) is 18.1 Å². The summed E-state index contributed by atoms with van der Waals surface area (Å²) < 4.78 is 1.17. The standard InChI is InChI=1S/C16H16N4O6S/c1-10-8-13(21)15(16(24)17-6-7-27-9-14(22)23)18-19(10)11-4-2-3-5-12(11)20(25)26/h2-5,8H,6-7,9H2,1H3,(H,17,24)(H,22,23). The number of rotatable bonds is 8. The molecule has 10 nitrogen and oxygen atoms in total. The largest absolute Gasteiger partial charge is 0.481 e. The number of aryl methyl sites for hydroxylation is 1. The predicted octanol–water partition coefficient (Wildman–Crippen LogP) is 0.997. The molecule has 2 rings (SSSR count). The van der Waals surface area contributed by atoms with Crippen molar-refractivity contribution in [2.24, 2.45) is 0 Å². The summed E-state index contributed by atoms with van der Waals surface area (Å²) in [6, 6.07) is 7.03. The first-order chi connectivity index (χ1) is 12.8. The van der Waals surface area contributed by atoms with Crippen molar-refractivity contribution in [1.82, 2.24) is 15.1 Å². The number of para-hydroxylation sites is 2. The zero-order chi connectivity index (χ0) is 20.0. The van der Waals surface area contributed by atoms with Gasteiger partial charge in [0.15, 0.2) is 5.69 Å². The van der Waals surface area contributed by atoms with Crippen LogP contribution in [0.15, 0.2) is 35.1 Å². The highest BCUT2D eigenvalue weighted by atomic mass is 32.2. The number of aliphatic carboxylic acids is 1. The Hall–Kier alpha value is -3.21. The van der Waals surface area contributed by atoms with Gasteiger partial charge >= 0.3 is 5.97 Å². The van der Waals surface area contributed by atoms with Crippen molar-refractivity contribution in [3.63, 3.8) is 0 Å². The van der Waals surface area contributed by atoms with E-state index in [1.54, 1.807) is 13.0 Å². The van der Waals surface area contributed by atoms with Gasteiger partial charge in [-0.25, -0.2) is 4.68 Å². The third-order valence-electron chi connectivity index (χ3n) is 3.39. The number of hydrogen-bond donors (Lipinski definition) is 2. The van der Waals surface area contributed by atoms with Gasteiger partial charge in [-0.2, -0.15) is 5.10 Å². The Bertz CT molecular complexity index is 943. The van der Waals surface area contributed by atoms with Crippen LogP contribution in [0.3, 0.4) is 0 Å². The summed E-state index contributed by atoms with van der Waals surface area (Å²) in [5.74, 6) is -1.44. The predicted molar refractivity (Wildman–Crippen MR) is 98.5 cm³/mol. The summed E-state index contributed by atoms with van der Waals surface area (Å²) in [6.07, 6.45) is 0. The summed E-state index contributed by atoms with van der Waals surface area (Å²) in [7, 11) is 0. The summed E-state index contributed by atoms with van der Waals surface area (Å²) in [4.78, 5) is 45.4. The molecule has 27 heavy (non-hydrogen) atoms. The van der Waals surface area contributed by atoms with Crippen LogP contribution in [0.25, 0.3) is 5.69 Å². The highest BCUT2D eigenvalue weighted by Crippen LogP contribution is 2.22. The molecule has 0 spiro atoms. The molecule has 142 valence electrons. The lowest BCUT2D eigenvalue weighted by atomic mass is 10.2. The first-order valence-corrected chi connectivity index (χ1v) is 8.89. The Balaban J connectivity index is 2.26. The number of thioether (sulfide) groups is 1. The minimum Gasteiger partial charge on any atom is -0.481 e. The Kier molecular flexibility index (Phi) is 6.66. The number of nitrogens with zero attached hydrogens (tertiary/aromatic N) is 3. The van der Waals surface area contributed by atoms with Crippen LogP contribution in [-0.2, 0) is 4.79 Å². The smallest absolute Gasteiger partial charge is 0.313 e. The lowest BCUT2D eigenvalue weighted by Gasteiger charge is -2.11. The van der Waals surface area contributed by atoms with Gasteiger partial charge in [-0.3, -0.25) is 24.5 Å². The molecule has 0 radical (unpaired) electrons. The molecule has 1 amide bonds. The molecule has 2 aromatic rings. The highest BCUT2D eigenvalue weighted by Gasteiger charge is 2.19. The van der Waals surface area contributed by atoms with Gasteiger partial charge in [0, 0.05) is 30.1 Å². The van der Waals surface area contributed by atoms with E-state index in [0.717, 1.165) is 11.8 Å². The number of benzene rings is 1. The Morgan fingerprint density at radius 2 is 2.07 bits per heavy atom. The van der Waals surface area contributed by atoms with Crippen LogP contribution in [0.4, 0.5) is 5.69 Å². The first kappa shape index (κ1) is 20.1. The van der Waals surface area contributed by atoms with E-state index in [-0.39, 0.29) is 23.7 Å². The number of nitrogens with one attached hydrogen (secondary N) is 1. The fraction of sp³-hybridized carbons (Fsp3) is 0.250. The van der Waals surface area contributed by atoms with Crippen LogP contribution in [0.5, 0.6) is 0 Å². The number of nitro benzene ring substituents is 1. The number of carboxylic acid groups (broad SMARTS) is 1. The second kappa shape index (κ2) is 8.94. The maximum absolute atomic E-state index is 12.2. The topological polar surface area (TPSA) is 144 Å². The molecule has 0 bridgehead atoms. The quantitative estimate of drug-likeness (QED) is 0.384. The zero-order valence-corrected chi connectivity index (χ0v) is 15.1. The number of carboxylic acids is 1. The van der Waals surface area contributed by atoms with Gasteiger partial charge < -0.3 is 10.4 Å². The molecule has 1 aromatic heterocycles. The molecular formula is C16H16N4O6S. The van der Waals surface area contributed by atoms with Crippen LogP contribution >= 0.6 is 11.8 Å². The second-order valence-corrected chi connectivity index (χ2v) is 6.46. The van der Waals surface area contributed by atoms with E-state index >= 15 is 0 Å². The number of amides is 1. The summed E-state index contributed by atoms with van der Waals surface area (Å²) in [5, 5.41) is 26.3. The molecule has 2 N–H and O–H groups in total. The van der Waals surface area contributed by atoms with Crippen LogP contribution in [0.2, 0.25) is 0 Å². The van der Waals surface area contributed by atoms with Gasteiger partial charge in [0.1, 0.15) is 5.69 Å². The SMILES string of the molecule is Cc1cc(=O)c(C(=O)NCCSCC(=O)O)nn1-c1ccccc1[N+](=O)[O-]. The number of hydrogen-bond acceptors (Lipinski definition) is 7. The maximum Gasteiger partial charge on any atom is 0.313 e. The molecule has 0 saturated carbocycles. The van der Waals surface area contributed by atoms with Gasteiger partial charge in [0.2, 0.25) is 5.43 Å². The Morgan fingerprint density at radius 1 is 1.37 bits per heavy atom. The third-order valence-corrected chi connectivity index (χ3v) is 4.33. The number of nitro groups is 1. The maximum atomic E-state index is 12.2. The van der Waals surface area contributed by atoms with Crippen LogP contribution in [-0.4, -0.2) is 49.7 Å². The molecule has 1 heterocycles. The molecule has 0 atom stereocenters. The molecule has 0 aliphatic heterocycles. The van der Waals surface area contributed by atoms with E-state index in [1.807, 2.05) is 0 Å². The molecular weight excluding hydrogens is 376 g/mol. The summed E-state index contributed by atoms with van der Waals surface area (Å²) in [5.41, 5.74) is -0.762. The van der Waals surface area contributed by atoms with Crippen LogP contribution < -0.4 is 10.7 Å². The fourth-order valence-electron chi connectivity index (χ4n) is 2.23. The number of carbonyl (C=O) groups excluding carboxylic acids is 1. The van der Waals surface area contributed by atoms with Crippen molar-refractivity contribution in [3.8, 4) is 5.69 Å². The van der Waals surface area contributed by atoms with Gasteiger partial charge in [0.25, 0.3) is 11.6 Å². The zero-order valence-electron chi connectivity index (χ0n) is 14.2. The summed E-state index contributed by atoms with van der Waals surface area (Å²) >= 11 is 1.12. The second-order valence-electron chi connectivity index (χ2n) is 5.36. The molecule has 0 saturated heterocycles. The first-order valence-electron chi connectivity index (χ1n) is 7.73. The number of carbonyl (C=O) groups is 2. The lowest BCUT2D eigenvalue weighted by Crippen LogP contribution is -2.33. The molecule has 0 fully saturated rings. The van der Waals surface area contributed by atoms with Crippen molar-refractivity contribution in [2.45, 2.75) is 6.92 Å². The van der Waals surface area contributed by atoms with Crippen molar-refractivity contribution < 1.29 is 19.6 Å². The normalized spacial score (nSPS) is 10.4. The third kappa shape index (κ3) is 5.14. The fourth-order valence-corrected chi connectivity index (χ4v) is 2.79. The van der Waals surface area contributed by atoms with E-state index < -0.39 is 27.9 Å². The van der Waals surface area contributed by atoms with Gasteiger partial charge in [0.05, 0.1) is 10.7 Å². The van der Waals surface area contributed by atoms with Crippen molar-refractivity contribution >= 4 is 29.3 Å². The Labute approximate surface area is 157 Å². The molecule has 11 heteroatoms. The van der Waals surface area contributed by atoms with Crippen molar-refractivity contribution in [1.29, 1.82) is 0 Å². The van der Waals surface area contributed by atoms with Crippen LogP contribution in [0.1, 0.15) is 16.2 Å². The minimum absolute atomic E-state index is 0.0941. The van der Waals surface area contributed by atoms with Gasteiger partial charge in [-0.15, -0.1) is 11.8 Å². The van der Waals surface area contributed by atoms with Crippen LogP contribution in [0, 0.1) is 17.0 Å². The summed E-state index contributed by atoms with van der Waals surface area (Å²) in [6.45, 7) is 1.70. The average molecular weight is 392 g/mol. The molecule has 1 aromatic carbocycles. The van der Waals surface area contributed by atoms with E-state index in [2.05, 4.69) is 10.4 Å².